The molecule has 6 heteroatoms. The van der Waals surface area contributed by atoms with Gasteiger partial charge in [-0.25, -0.2) is 0 Å². The van der Waals surface area contributed by atoms with Gasteiger partial charge in [0.2, 0.25) is 5.91 Å². The first-order valence-corrected chi connectivity index (χ1v) is 7.98. The highest BCUT2D eigenvalue weighted by molar-refractivity contribution is 5.92. The van der Waals surface area contributed by atoms with E-state index < -0.39 is 5.91 Å². The van der Waals surface area contributed by atoms with Crippen LogP contribution in [0.3, 0.4) is 0 Å². The van der Waals surface area contributed by atoms with Gasteiger partial charge in [0.1, 0.15) is 5.75 Å². The Balaban J connectivity index is 1.44. The first-order chi connectivity index (χ1) is 12.1. The number of fused-ring (bicyclic) bond motifs is 1. The molecule has 0 saturated heterocycles. The molecule has 1 aromatic heterocycles. The fourth-order valence-corrected chi connectivity index (χ4v) is 2.59. The summed E-state index contributed by atoms with van der Waals surface area (Å²) in [5.41, 5.74) is 7.82. The number of hydrogen-bond donors (Lipinski definition) is 3. The molecule has 128 valence electrons. The number of benzene rings is 2. The van der Waals surface area contributed by atoms with E-state index in [4.69, 9.17) is 10.5 Å². The summed E-state index contributed by atoms with van der Waals surface area (Å²) in [5.74, 6) is -0.183. The molecule has 1 heterocycles. The lowest BCUT2D eigenvalue weighted by Gasteiger charge is -2.07. The summed E-state index contributed by atoms with van der Waals surface area (Å²) in [7, 11) is 0. The number of amides is 2. The van der Waals surface area contributed by atoms with Crippen molar-refractivity contribution in [2.75, 3.05) is 13.2 Å². The number of hydrogen-bond acceptors (Lipinski definition) is 3. The molecule has 0 spiro atoms. The molecule has 0 fully saturated rings. The predicted octanol–water partition coefficient (Wildman–Crippen LogP) is 2.00. The molecule has 0 aliphatic rings. The molecule has 25 heavy (non-hydrogen) atoms. The van der Waals surface area contributed by atoms with Crippen LogP contribution in [0, 0.1) is 0 Å². The highest BCUT2D eigenvalue weighted by atomic mass is 16.5. The molecule has 0 atom stereocenters. The third kappa shape index (κ3) is 4.17. The van der Waals surface area contributed by atoms with Crippen LogP contribution in [0.1, 0.15) is 15.9 Å². The molecule has 2 aromatic carbocycles. The molecule has 0 aliphatic carbocycles. The zero-order valence-electron chi connectivity index (χ0n) is 13.6. The number of nitrogens with two attached hydrogens (primary N) is 1. The maximum absolute atomic E-state index is 11.9. The predicted molar refractivity (Wildman–Crippen MR) is 95.5 cm³/mol. The second kappa shape index (κ2) is 7.53. The van der Waals surface area contributed by atoms with Gasteiger partial charge in [-0.05, 0) is 42.3 Å². The van der Waals surface area contributed by atoms with Crippen LogP contribution >= 0.6 is 0 Å². The van der Waals surface area contributed by atoms with E-state index >= 15 is 0 Å². The number of rotatable bonds is 7. The van der Waals surface area contributed by atoms with Gasteiger partial charge in [0.05, 0.1) is 0 Å². The first kappa shape index (κ1) is 16.6. The average Bonchev–Trinajstić information content (AvgIpc) is 3.04. The van der Waals surface area contributed by atoms with Crippen LogP contribution < -0.4 is 15.8 Å². The summed E-state index contributed by atoms with van der Waals surface area (Å²) < 4.78 is 5.39. The number of para-hydroxylation sites is 1. The van der Waals surface area contributed by atoms with Gasteiger partial charge in [0.15, 0.2) is 6.61 Å². The van der Waals surface area contributed by atoms with Crippen molar-refractivity contribution in [3.8, 4) is 5.75 Å². The summed E-state index contributed by atoms with van der Waals surface area (Å²) in [6.45, 7) is 0.453. The largest absolute Gasteiger partial charge is 0.484 e. The molecule has 0 aliphatic heterocycles. The molecule has 0 unspecified atom stereocenters. The van der Waals surface area contributed by atoms with Crippen LogP contribution in [0.15, 0.2) is 54.7 Å². The van der Waals surface area contributed by atoms with Gasteiger partial charge in [-0.15, -0.1) is 0 Å². The van der Waals surface area contributed by atoms with Crippen molar-refractivity contribution in [2.24, 2.45) is 5.73 Å². The molecule has 3 rings (SSSR count). The molecular weight excluding hydrogens is 318 g/mol. The van der Waals surface area contributed by atoms with Crippen LogP contribution in [0.2, 0.25) is 0 Å². The quantitative estimate of drug-likeness (QED) is 0.615. The third-order valence-electron chi connectivity index (χ3n) is 3.90. The Hall–Kier alpha value is -3.28. The van der Waals surface area contributed by atoms with Gasteiger partial charge in [-0.2, -0.15) is 0 Å². The number of H-pyrrole nitrogens is 1. The molecule has 6 nitrogen and oxygen atoms in total. The van der Waals surface area contributed by atoms with E-state index in [0.717, 1.165) is 11.9 Å². The third-order valence-corrected chi connectivity index (χ3v) is 3.90. The number of ether oxygens (including phenoxy) is 1. The maximum atomic E-state index is 11.9. The van der Waals surface area contributed by atoms with Crippen molar-refractivity contribution in [3.63, 3.8) is 0 Å². The summed E-state index contributed by atoms with van der Waals surface area (Å²) in [5, 5.41) is 4.00. The Labute approximate surface area is 145 Å². The van der Waals surface area contributed by atoms with E-state index in [9.17, 15) is 9.59 Å². The number of primary amides is 1. The molecule has 0 radical (unpaired) electrons. The minimum absolute atomic E-state index is 0.0796. The highest BCUT2D eigenvalue weighted by Crippen LogP contribution is 2.17. The number of aromatic nitrogens is 1. The molecular formula is C19H19N3O3. The fourth-order valence-electron chi connectivity index (χ4n) is 2.59. The lowest BCUT2D eigenvalue weighted by atomic mass is 10.1. The van der Waals surface area contributed by atoms with Crippen LogP contribution in [-0.4, -0.2) is 29.9 Å². The summed E-state index contributed by atoms with van der Waals surface area (Å²) >= 11 is 0. The second-order valence-corrected chi connectivity index (χ2v) is 5.64. The van der Waals surface area contributed by atoms with Crippen LogP contribution in [-0.2, 0) is 11.2 Å². The van der Waals surface area contributed by atoms with Crippen molar-refractivity contribution in [1.82, 2.24) is 10.3 Å². The average molecular weight is 337 g/mol. The van der Waals surface area contributed by atoms with Crippen molar-refractivity contribution >= 4 is 22.7 Å². The number of aromatic amines is 1. The zero-order chi connectivity index (χ0) is 17.6. The van der Waals surface area contributed by atoms with Gasteiger partial charge < -0.3 is 20.8 Å². The van der Waals surface area contributed by atoms with Crippen molar-refractivity contribution in [1.29, 1.82) is 0 Å². The topological polar surface area (TPSA) is 97.2 Å². The van der Waals surface area contributed by atoms with E-state index in [1.54, 1.807) is 24.3 Å². The highest BCUT2D eigenvalue weighted by Gasteiger charge is 2.06. The second-order valence-electron chi connectivity index (χ2n) is 5.64. The first-order valence-electron chi connectivity index (χ1n) is 7.98. The van der Waals surface area contributed by atoms with Gasteiger partial charge in [0, 0.05) is 29.2 Å². The van der Waals surface area contributed by atoms with Crippen LogP contribution in [0.5, 0.6) is 5.75 Å². The van der Waals surface area contributed by atoms with Gasteiger partial charge in [-0.3, -0.25) is 9.59 Å². The molecule has 3 aromatic rings. The van der Waals surface area contributed by atoms with E-state index in [0.29, 0.717) is 17.9 Å². The van der Waals surface area contributed by atoms with Crippen LogP contribution in [0.4, 0.5) is 0 Å². The Morgan fingerprint density at radius 3 is 2.60 bits per heavy atom. The molecule has 0 bridgehead atoms. The minimum Gasteiger partial charge on any atom is -0.484 e. The van der Waals surface area contributed by atoms with Crippen LogP contribution in [0.25, 0.3) is 10.9 Å². The number of carbonyl (C=O) groups is 2. The Kier molecular flexibility index (Phi) is 4.99. The monoisotopic (exact) mass is 337 g/mol. The molecule has 2 amide bonds. The lowest BCUT2D eigenvalue weighted by molar-refractivity contribution is -0.123. The van der Waals surface area contributed by atoms with E-state index in [1.165, 1.54) is 10.9 Å². The van der Waals surface area contributed by atoms with Gasteiger partial charge >= 0.3 is 0 Å². The molecule has 4 N–H and O–H groups in total. The normalized spacial score (nSPS) is 10.6. The van der Waals surface area contributed by atoms with Gasteiger partial charge in [-0.1, -0.05) is 18.2 Å². The number of nitrogens with one attached hydrogen (secondary N) is 2. The van der Waals surface area contributed by atoms with Gasteiger partial charge in [0.25, 0.3) is 5.91 Å². The minimum atomic E-state index is -0.499. The van der Waals surface area contributed by atoms with Crippen molar-refractivity contribution in [2.45, 2.75) is 6.42 Å². The summed E-state index contributed by atoms with van der Waals surface area (Å²) in [6, 6.07) is 14.4. The molecule has 0 saturated carbocycles. The lowest BCUT2D eigenvalue weighted by Crippen LogP contribution is -2.30. The maximum Gasteiger partial charge on any atom is 0.257 e. The van der Waals surface area contributed by atoms with E-state index in [1.807, 2.05) is 24.4 Å². The smallest absolute Gasteiger partial charge is 0.257 e. The van der Waals surface area contributed by atoms with Crippen molar-refractivity contribution in [3.05, 3.63) is 65.9 Å². The Morgan fingerprint density at radius 2 is 1.84 bits per heavy atom. The fraction of sp³-hybridized carbons (Fsp3) is 0.158. The summed E-state index contributed by atoms with van der Waals surface area (Å²) in [6.07, 6.45) is 2.71. The zero-order valence-corrected chi connectivity index (χ0v) is 13.6. The van der Waals surface area contributed by atoms with E-state index in [-0.39, 0.29) is 12.5 Å². The SMILES string of the molecule is NC(=O)c1ccc(OCC(=O)NCCc2c[nH]c3ccccc23)cc1. The Morgan fingerprint density at radius 1 is 1.08 bits per heavy atom. The summed E-state index contributed by atoms with van der Waals surface area (Å²) in [4.78, 5) is 26.1. The van der Waals surface area contributed by atoms with Crippen molar-refractivity contribution < 1.29 is 14.3 Å². The standard InChI is InChI=1S/C19H19N3O3/c20-19(24)13-5-7-15(8-6-13)25-12-18(23)21-10-9-14-11-22-17-4-2-1-3-16(14)17/h1-8,11,22H,9-10,12H2,(H2,20,24)(H,21,23). The Bertz CT molecular complexity index is 884. The number of carbonyl (C=O) groups excluding carboxylic acids is 2. The van der Waals surface area contributed by atoms with E-state index in [2.05, 4.69) is 16.4 Å².